The molecular formula is C19H16Cl2N2O3S. The van der Waals surface area contributed by atoms with Crippen molar-refractivity contribution in [2.24, 2.45) is 0 Å². The number of nitrogens with zero attached hydrogens (tertiary/aromatic N) is 1. The van der Waals surface area contributed by atoms with Crippen LogP contribution in [0.5, 0.6) is 5.75 Å². The monoisotopic (exact) mass is 422 g/mol. The van der Waals surface area contributed by atoms with Crippen LogP contribution in [-0.4, -0.2) is 24.7 Å². The Morgan fingerprint density at radius 2 is 1.96 bits per heavy atom. The topological polar surface area (TPSA) is 60.5 Å². The van der Waals surface area contributed by atoms with Crippen LogP contribution in [-0.2, 0) is 4.74 Å². The molecule has 5 nitrogen and oxygen atoms in total. The van der Waals surface area contributed by atoms with E-state index in [9.17, 15) is 4.79 Å². The summed E-state index contributed by atoms with van der Waals surface area (Å²) in [7, 11) is 1.55. The minimum absolute atomic E-state index is 0.342. The number of halogens is 2. The Hall–Kier alpha value is -2.28. The zero-order chi connectivity index (χ0) is 19.4. The number of anilines is 2. The first kappa shape index (κ1) is 19.5. The Balaban J connectivity index is 1.80. The van der Waals surface area contributed by atoms with Crippen LogP contribution in [0, 0.1) is 0 Å². The number of nitrogens with one attached hydrogen (secondary N) is 1. The highest BCUT2D eigenvalue weighted by Gasteiger charge is 2.15. The van der Waals surface area contributed by atoms with E-state index < -0.39 is 0 Å². The fourth-order valence-corrected chi connectivity index (χ4v) is 3.74. The summed E-state index contributed by atoms with van der Waals surface area (Å²) in [6.07, 6.45) is 0. The van der Waals surface area contributed by atoms with Crippen molar-refractivity contribution >= 4 is 51.3 Å². The molecule has 1 heterocycles. The molecule has 8 heteroatoms. The second-order valence-corrected chi connectivity index (χ2v) is 7.13. The van der Waals surface area contributed by atoms with E-state index in [4.69, 9.17) is 32.7 Å². The molecule has 27 heavy (non-hydrogen) atoms. The average Bonchev–Trinajstić information content (AvgIpc) is 3.10. The Morgan fingerprint density at radius 1 is 1.22 bits per heavy atom. The van der Waals surface area contributed by atoms with Gasteiger partial charge in [-0.3, -0.25) is 0 Å². The molecule has 1 aromatic heterocycles. The fraction of sp³-hybridized carbons (Fsp3) is 0.158. The second-order valence-electron chi connectivity index (χ2n) is 5.43. The SMILES string of the molecule is CCOC(=O)c1ccc(Nc2nc(-c3cc(Cl)cc(Cl)c3OC)cs2)cc1. The van der Waals surface area contributed by atoms with E-state index in [1.165, 1.54) is 11.3 Å². The lowest BCUT2D eigenvalue weighted by Crippen LogP contribution is -2.04. The molecule has 0 saturated carbocycles. The molecule has 3 rings (SSSR count). The third kappa shape index (κ3) is 4.53. The van der Waals surface area contributed by atoms with E-state index >= 15 is 0 Å². The van der Waals surface area contributed by atoms with Crippen molar-refractivity contribution in [1.29, 1.82) is 0 Å². The van der Waals surface area contributed by atoms with Crippen molar-refractivity contribution in [2.75, 3.05) is 19.0 Å². The third-order valence-corrected chi connectivity index (χ3v) is 4.90. The molecule has 0 amide bonds. The lowest BCUT2D eigenvalue weighted by atomic mass is 10.1. The van der Waals surface area contributed by atoms with Gasteiger partial charge in [0.1, 0.15) is 5.75 Å². The molecular weight excluding hydrogens is 407 g/mol. The van der Waals surface area contributed by atoms with Crippen molar-refractivity contribution in [3.05, 3.63) is 57.4 Å². The van der Waals surface area contributed by atoms with Gasteiger partial charge in [0.25, 0.3) is 0 Å². The summed E-state index contributed by atoms with van der Waals surface area (Å²) in [6.45, 7) is 2.12. The van der Waals surface area contributed by atoms with Crippen LogP contribution in [0.4, 0.5) is 10.8 Å². The van der Waals surface area contributed by atoms with Crippen LogP contribution in [0.3, 0.4) is 0 Å². The standard InChI is InChI=1S/C19H16Cl2N2O3S/c1-3-26-18(24)11-4-6-13(7-5-11)22-19-23-16(10-27-19)14-8-12(20)9-15(21)17(14)25-2/h4-10H,3H2,1-2H3,(H,22,23). The zero-order valence-electron chi connectivity index (χ0n) is 14.6. The van der Waals surface area contributed by atoms with Crippen molar-refractivity contribution in [1.82, 2.24) is 4.98 Å². The summed E-state index contributed by atoms with van der Waals surface area (Å²) in [4.78, 5) is 16.3. The zero-order valence-corrected chi connectivity index (χ0v) is 16.9. The molecule has 0 bridgehead atoms. The Morgan fingerprint density at radius 3 is 2.63 bits per heavy atom. The first-order chi connectivity index (χ1) is 13.0. The minimum atomic E-state index is -0.342. The van der Waals surface area contributed by atoms with Gasteiger partial charge in [-0.15, -0.1) is 11.3 Å². The molecule has 2 aromatic carbocycles. The van der Waals surface area contributed by atoms with Gasteiger partial charge in [-0.05, 0) is 43.3 Å². The van der Waals surface area contributed by atoms with E-state index in [0.717, 1.165) is 11.3 Å². The molecule has 0 aliphatic heterocycles. The van der Waals surface area contributed by atoms with E-state index in [0.29, 0.717) is 38.8 Å². The van der Waals surface area contributed by atoms with Crippen LogP contribution in [0.25, 0.3) is 11.3 Å². The molecule has 0 atom stereocenters. The molecule has 0 aliphatic carbocycles. The maximum absolute atomic E-state index is 11.7. The lowest BCUT2D eigenvalue weighted by Gasteiger charge is -2.09. The molecule has 1 N–H and O–H groups in total. The van der Waals surface area contributed by atoms with E-state index in [-0.39, 0.29) is 5.97 Å². The van der Waals surface area contributed by atoms with E-state index in [1.807, 2.05) is 5.38 Å². The first-order valence-electron chi connectivity index (χ1n) is 8.05. The number of ether oxygens (including phenoxy) is 2. The molecule has 140 valence electrons. The highest BCUT2D eigenvalue weighted by atomic mass is 35.5. The molecule has 3 aromatic rings. The van der Waals surface area contributed by atoms with Crippen molar-refractivity contribution in [3.63, 3.8) is 0 Å². The minimum Gasteiger partial charge on any atom is -0.494 e. The van der Waals surface area contributed by atoms with Gasteiger partial charge in [0.05, 0.1) is 30.0 Å². The number of benzene rings is 2. The number of esters is 1. The summed E-state index contributed by atoms with van der Waals surface area (Å²) >= 11 is 13.7. The Kier molecular flexibility index (Phi) is 6.21. The number of carbonyl (C=O) groups excluding carboxylic acids is 1. The molecule has 0 fully saturated rings. The molecule has 0 radical (unpaired) electrons. The Bertz CT molecular complexity index is 958. The van der Waals surface area contributed by atoms with Gasteiger partial charge in [-0.25, -0.2) is 9.78 Å². The number of carbonyl (C=O) groups is 1. The van der Waals surface area contributed by atoms with Crippen LogP contribution < -0.4 is 10.1 Å². The summed E-state index contributed by atoms with van der Waals surface area (Å²) in [6, 6.07) is 10.4. The largest absolute Gasteiger partial charge is 0.494 e. The van der Waals surface area contributed by atoms with Crippen molar-refractivity contribution in [3.8, 4) is 17.0 Å². The average molecular weight is 423 g/mol. The number of aromatic nitrogens is 1. The highest BCUT2D eigenvalue weighted by molar-refractivity contribution is 7.14. The lowest BCUT2D eigenvalue weighted by molar-refractivity contribution is 0.0526. The quantitative estimate of drug-likeness (QED) is 0.490. The summed E-state index contributed by atoms with van der Waals surface area (Å²) in [5.74, 6) is 0.183. The molecule has 0 spiro atoms. The van der Waals surface area contributed by atoms with Crippen molar-refractivity contribution in [2.45, 2.75) is 6.92 Å². The highest BCUT2D eigenvalue weighted by Crippen LogP contribution is 2.39. The number of methoxy groups -OCH3 is 1. The fourth-order valence-electron chi connectivity index (χ4n) is 2.44. The van der Waals surface area contributed by atoms with Gasteiger partial charge < -0.3 is 14.8 Å². The van der Waals surface area contributed by atoms with Gasteiger partial charge in [0.2, 0.25) is 0 Å². The van der Waals surface area contributed by atoms with Crippen LogP contribution in [0.15, 0.2) is 41.8 Å². The van der Waals surface area contributed by atoms with Gasteiger partial charge in [0, 0.05) is 21.7 Å². The molecule has 0 unspecified atom stereocenters. The van der Waals surface area contributed by atoms with Gasteiger partial charge in [0.15, 0.2) is 5.13 Å². The molecule has 0 saturated heterocycles. The predicted molar refractivity (Wildman–Crippen MR) is 110 cm³/mol. The van der Waals surface area contributed by atoms with Gasteiger partial charge >= 0.3 is 5.97 Å². The number of thiazole rings is 1. The maximum Gasteiger partial charge on any atom is 0.338 e. The predicted octanol–water partition coefficient (Wildman–Crippen LogP) is 6.05. The summed E-state index contributed by atoms with van der Waals surface area (Å²) < 4.78 is 10.4. The third-order valence-electron chi connectivity index (χ3n) is 3.64. The normalized spacial score (nSPS) is 10.5. The van der Waals surface area contributed by atoms with Gasteiger partial charge in [-0.1, -0.05) is 23.2 Å². The van der Waals surface area contributed by atoms with E-state index in [2.05, 4.69) is 10.3 Å². The molecule has 0 aliphatic rings. The number of hydrogen-bond acceptors (Lipinski definition) is 6. The van der Waals surface area contributed by atoms with Crippen LogP contribution >= 0.6 is 34.5 Å². The smallest absolute Gasteiger partial charge is 0.338 e. The van der Waals surface area contributed by atoms with Crippen LogP contribution in [0.2, 0.25) is 10.0 Å². The maximum atomic E-state index is 11.7. The first-order valence-corrected chi connectivity index (χ1v) is 9.68. The number of rotatable bonds is 6. The Labute approximate surface area is 170 Å². The van der Waals surface area contributed by atoms with Crippen molar-refractivity contribution < 1.29 is 14.3 Å². The van der Waals surface area contributed by atoms with Crippen LogP contribution in [0.1, 0.15) is 17.3 Å². The second kappa shape index (κ2) is 8.61. The summed E-state index contributed by atoms with van der Waals surface area (Å²) in [5, 5.41) is 6.72. The van der Waals surface area contributed by atoms with E-state index in [1.54, 1.807) is 50.4 Å². The summed E-state index contributed by atoms with van der Waals surface area (Å²) in [5.41, 5.74) is 2.73. The number of hydrogen-bond donors (Lipinski definition) is 1. The van der Waals surface area contributed by atoms with Gasteiger partial charge in [-0.2, -0.15) is 0 Å².